The zero-order valence-electron chi connectivity index (χ0n) is 12.1. The molecule has 0 heterocycles. The van der Waals surface area contributed by atoms with Gasteiger partial charge in [-0.1, -0.05) is 17.7 Å². The number of benzene rings is 2. The number of hydrogen-bond donors (Lipinski definition) is 1. The van der Waals surface area contributed by atoms with Gasteiger partial charge in [0.15, 0.2) is 0 Å². The van der Waals surface area contributed by atoms with Crippen molar-refractivity contribution in [3.63, 3.8) is 0 Å². The largest absolute Gasteiger partial charge is 0.497 e. The van der Waals surface area contributed by atoms with Crippen molar-refractivity contribution in [1.29, 1.82) is 0 Å². The summed E-state index contributed by atoms with van der Waals surface area (Å²) in [6.07, 6.45) is 0. The molecule has 0 amide bonds. The molecule has 0 aliphatic rings. The number of nitrogens with one attached hydrogen (secondary N) is 1. The molecule has 0 saturated heterocycles. The Morgan fingerprint density at radius 2 is 1.86 bits per heavy atom. The van der Waals surface area contributed by atoms with Crippen LogP contribution in [0.15, 0.2) is 36.4 Å². The van der Waals surface area contributed by atoms with E-state index in [1.165, 1.54) is 6.07 Å². The SMILES string of the molecule is COc1ccc(OC)c(NC(C)c2ccc(F)c(Cl)c2)c1. The molecular weight excluding hydrogens is 293 g/mol. The molecule has 2 rings (SSSR count). The van der Waals surface area contributed by atoms with E-state index in [0.717, 1.165) is 17.0 Å². The first kappa shape index (κ1) is 15.4. The van der Waals surface area contributed by atoms with Gasteiger partial charge >= 0.3 is 0 Å². The molecule has 1 N–H and O–H groups in total. The molecule has 0 aliphatic carbocycles. The van der Waals surface area contributed by atoms with Crippen LogP contribution in [0.5, 0.6) is 11.5 Å². The minimum Gasteiger partial charge on any atom is -0.497 e. The van der Waals surface area contributed by atoms with Gasteiger partial charge in [0, 0.05) is 12.1 Å². The van der Waals surface area contributed by atoms with Gasteiger partial charge in [0.25, 0.3) is 0 Å². The van der Waals surface area contributed by atoms with Crippen molar-refractivity contribution in [2.75, 3.05) is 19.5 Å². The lowest BCUT2D eigenvalue weighted by molar-refractivity contribution is 0.404. The van der Waals surface area contributed by atoms with E-state index < -0.39 is 5.82 Å². The number of ether oxygens (including phenoxy) is 2. The van der Waals surface area contributed by atoms with E-state index >= 15 is 0 Å². The Bertz CT molecular complexity index is 634. The second-order valence-corrected chi connectivity index (χ2v) is 5.01. The summed E-state index contributed by atoms with van der Waals surface area (Å²) in [6, 6.07) is 10.1. The summed E-state index contributed by atoms with van der Waals surface area (Å²) in [4.78, 5) is 0. The highest BCUT2D eigenvalue weighted by Gasteiger charge is 2.12. The number of anilines is 1. The molecule has 0 spiro atoms. The van der Waals surface area contributed by atoms with Crippen LogP contribution in [0, 0.1) is 5.82 Å². The number of hydrogen-bond acceptors (Lipinski definition) is 3. The first-order valence-electron chi connectivity index (χ1n) is 6.48. The maximum atomic E-state index is 13.2. The lowest BCUT2D eigenvalue weighted by Crippen LogP contribution is -2.08. The summed E-state index contributed by atoms with van der Waals surface area (Å²) in [7, 11) is 3.21. The van der Waals surface area contributed by atoms with Crippen molar-refractivity contribution in [3.8, 4) is 11.5 Å². The molecule has 21 heavy (non-hydrogen) atoms. The van der Waals surface area contributed by atoms with Crippen molar-refractivity contribution in [2.45, 2.75) is 13.0 Å². The third-order valence-electron chi connectivity index (χ3n) is 3.22. The van der Waals surface area contributed by atoms with Gasteiger partial charge < -0.3 is 14.8 Å². The maximum Gasteiger partial charge on any atom is 0.142 e. The molecule has 1 unspecified atom stereocenters. The molecule has 0 radical (unpaired) electrons. The molecule has 0 aliphatic heterocycles. The molecular formula is C16H17ClFNO2. The van der Waals surface area contributed by atoms with Crippen molar-refractivity contribution in [3.05, 3.63) is 52.8 Å². The first-order valence-corrected chi connectivity index (χ1v) is 6.86. The Morgan fingerprint density at radius 1 is 1.10 bits per heavy atom. The fraction of sp³-hybridized carbons (Fsp3) is 0.250. The molecule has 0 bridgehead atoms. The van der Waals surface area contributed by atoms with E-state index in [-0.39, 0.29) is 11.1 Å². The van der Waals surface area contributed by atoms with Gasteiger partial charge in [-0.15, -0.1) is 0 Å². The Labute approximate surface area is 128 Å². The molecule has 5 heteroatoms. The monoisotopic (exact) mass is 309 g/mol. The highest BCUT2D eigenvalue weighted by molar-refractivity contribution is 6.30. The van der Waals surface area contributed by atoms with E-state index in [2.05, 4.69) is 5.32 Å². The highest BCUT2D eigenvalue weighted by atomic mass is 35.5. The van der Waals surface area contributed by atoms with Gasteiger partial charge in [-0.3, -0.25) is 0 Å². The molecule has 0 fully saturated rings. The van der Waals surface area contributed by atoms with Crippen LogP contribution in [-0.4, -0.2) is 14.2 Å². The molecule has 0 aromatic heterocycles. The van der Waals surface area contributed by atoms with E-state index in [1.54, 1.807) is 26.4 Å². The maximum absolute atomic E-state index is 13.2. The fourth-order valence-corrected chi connectivity index (χ4v) is 2.21. The molecule has 0 saturated carbocycles. The predicted octanol–water partition coefficient (Wildman–Crippen LogP) is 4.67. The van der Waals surface area contributed by atoms with Crippen molar-refractivity contribution >= 4 is 17.3 Å². The Morgan fingerprint density at radius 3 is 2.48 bits per heavy atom. The highest BCUT2D eigenvalue weighted by Crippen LogP contribution is 2.32. The quantitative estimate of drug-likeness (QED) is 0.870. The van der Waals surface area contributed by atoms with Crippen molar-refractivity contribution in [1.82, 2.24) is 0 Å². The lowest BCUT2D eigenvalue weighted by atomic mass is 10.1. The normalized spacial score (nSPS) is 11.9. The van der Waals surface area contributed by atoms with Crippen LogP contribution < -0.4 is 14.8 Å². The van der Waals surface area contributed by atoms with Crippen LogP contribution >= 0.6 is 11.6 Å². The smallest absolute Gasteiger partial charge is 0.142 e. The molecule has 112 valence electrons. The predicted molar refractivity (Wildman–Crippen MR) is 83.0 cm³/mol. The Balaban J connectivity index is 2.25. The van der Waals surface area contributed by atoms with Gasteiger partial charge in [-0.25, -0.2) is 4.39 Å². The van der Waals surface area contributed by atoms with Gasteiger partial charge in [-0.2, -0.15) is 0 Å². The van der Waals surface area contributed by atoms with Gasteiger partial charge in [0.1, 0.15) is 17.3 Å². The van der Waals surface area contributed by atoms with Gasteiger partial charge in [-0.05, 0) is 36.8 Å². The van der Waals surface area contributed by atoms with E-state index in [4.69, 9.17) is 21.1 Å². The zero-order valence-corrected chi connectivity index (χ0v) is 12.9. The minimum absolute atomic E-state index is 0.0656. The zero-order chi connectivity index (χ0) is 15.4. The van der Waals surface area contributed by atoms with Crippen LogP contribution in [0.2, 0.25) is 5.02 Å². The second kappa shape index (κ2) is 6.68. The van der Waals surface area contributed by atoms with E-state index in [9.17, 15) is 4.39 Å². The summed E-state index contributed by atoms with van der Waals surface area (Å²) in [5.74, 6) is 1.00. The fourth-order valence-electron chi connectivity index (χ4n) is 2.03. The number of rotatable bonds is 5. The summed E-state index contributed by atoms with van der Waals surface area (Å²) in [6.45, 7) is 1.96. The van der Waals surface area contributed by atoms with E-state index in [1.807, 2.05) is 25.1 Å². The first-order chi connectivity index (χ1) is 10.0. The molecule has 3 nitrogen and oxygen atoms in total. The summed E-state index contributed by atoms with van der Waals surface area (Å²) in [5, 5.41) is 3.42. The summed E-state index contributed by atoms with van der Waals surface area (Å²) in [5.41, 5.74) is 1.68. The minimum atomic E-state index is -0.424. The lowest BCUT2D eigenvalue weighted by Gasteiger charge is -2.19. The average molecular weight is 310 g/mol. The Hall–Kier alpha value is -1.94. The molecule has 2 aromatic carbocycles. The summed E-state index contributed by atoms with van der Waals surface area (Å²) >= 11 is 5.82. The van der Waals surface area contributed by atoms with Crippen LogP contribution in [-0.2, 0) is 0 Å². The number of halogens is 2. The topological polar surface area (TPSA) is 30.5 Å². The van der Waals surface area contributed by atoms with Crippen molar-refractivity contribution in [2.24, 2.45) is 0 Å². The van der Waals surface area contributed by atoms with Gasteiger partial charge in [0.2, 0.25) is 0 Å². The molecule has 1 atom stereocenters. The number of methoxy groups -OCH3 is 2. The van der Waals surface area contributed by atoms with Crippen LogP contribution in [0.25, 0.3) is 0 Å². The van der Waals surface area contributed by atoms with Crippen molar-refractivity contribution < 1.29 is 13.9 Å². The Kier molecular flexibility index (Phi) is 4.91. The van der Waals surface area contributed by atoms with Crippen LogP contribution in [0.4, 0.5) is 10.1 Å². The second-order valence-electron chi connectivity index (χ2n) is 4.61. The molecule has 2 aromatic rings. The van der Waals surface area contributed by atoms with Crippen LogP contribution in [0.3, 0.4) is 0 Å². The third kappa shape index (κ3) is 3.58. The summed E-state index contributed by atoms with van der Waals surface area (Å²) < 4.78 is 23.7. The van der Waals surface area contributed by atoms with Gasteiger partial charge in [0.05, 0.1) is 24.9 Å². The standard InChI is InChI=1S/C16H17ClFNO2/c1-10(11-4-6-14(18)13(17)8-11)19-15-9-12(20-2)5-7-16(15)21-3/h4-10,19H,1-3H3. The van der Waals surface area contributed by atoms with Crippen LogP contribution in [0.1, 0.15) is 18.5 Å². The average Bonchev–Trinajstić information content (AvgIpc) is 2.49. The van der Waals surface area contributed by atoms with E-state index in [0.29, 0.717) is 5.75 Å². The third-order valence-corrected chi connectivity index (χ3v) is 3.51.